The highest BCUT2D eigenvalue weighted by atomic mass is 32.2. The number of nitrogen functional groups attached to an aromatic ring is 1. The molecule has 3 N–H and O–H groups in total. The van der Waals surface area contributed by atoms with Gasteiger partial charge in [-0.15, -0.1) is 11.3 Å². The van der Waals surface area contributed by atoms with Gasteiger partial charge in [-0.05, 0) is 30.7 Å². The maximum absolute atomic E-state index is 11.6. The van der Waals surface area contributed by atoms with Crippen LogP contribution in [0.25, 0.3) is 20.8 Å². The van der Waals surface area contributed by atoms with Gasteiger partial charge in [-0.1, -0.05) is 18.2 Å². The Bertz CT molecular complexity index is 946. The average Bonchev–Trinajstić information content (AvgIpc) is 2.80. The lowest BCUT2D eigenvalue weighted by Crippen LogP contribution is -2.00. The Kier molecular flexibility index (Phi) is 3.20. The molecule has 1 heterocycles. The summed E-state index contributed by atoms with van der Waals surface area (Å²) in [5.41, 5.74) is 8.26. The summed E-state index contributed by atoms with van der Waals surface area (Å²) in [7, 11) is -4.30. The molecule has 0 bridgehead atoms. The van der Waals surface area contributed by atoms with E-state index in [0.29, 0.717) is 26.5 Å². The molecule has 0 aliphatic heterocycles. The molecular weight excluding hydrogens is 308 g/mol. The van der Waals surface area contributed by atoms with Gasteiger partial charge in [0.1, 0.15) is 9.90 Å². The minimum atomic E-state index is -4.30. The molecule has 2 aromatic carbocycles. The summed E-state index contributed by atoms with van der Waals surface area (Å²) < 4.78 is 33.0. The first-order valence-electron chi connectivity index (χ1n) is 6.10. The van der Waals surface area contributed by atoms with Gasteiger partial charge in [0.15, 0.2) is 0 Å². The van der Waals surface area contributed by atoms with Gasteiger partial charge in [-0.3, -0.25) is 4.55 Å². The number of aryl methyl sites for hydroxylation is 1. The second-order valence-corrected chi connectivity index (χ2v) is 7.00. The number of hydrogen-bond donors (Lipinski definition) is 2. The van der Waals surface area contributed by atoms with Gasteiger partial charge < -0.3 is 5.73 Å². The molecule has 0 amide bonds. The number of para-hydroxylation sites is 1. The van der Waals surface area contributed by atoms with E-state index in [1.54, 1.807) is 25.1 Å². The van der Waals surface area contributed by atoms with Gasteiger partial charge in [-0.2, -0.15) is 8.42 Å². The molecule has 0 aliphatic carbocycles. The van der Waals surface area contributed by atoms with E-state index < -0.39 is 10.1 Å². The fourth-order valence-electron chi connectivity index (χ4n) is 2.19. The molecule has 0 saturated heterocycles. The molecular formula is C14H12N2O3S2. The molecule has 0 atom stereocenters. The Morgan fingerprint density at radius 2 is 1.90 bits per heavy atom. The first-order valence-corrected chi connectivity index (χ1v) is 8.36. The fraction of sp³-hybridized carbons (Fsp3) is 0.0714. The second kappa shape index (κ2) is 4.80. The van der Waals surface area contributed by atoms with E-state index in [1.165, 1.54) is 11.3 Å². The highest BCUT2D eigenvalue weighted by Crippen LogP contribution is 2.37. The standard InChI is InChI=1S/C14H12N2O3S2/c1-8-6-7-11-12(13(8)21(17,18)19)20-14(16-11)9-4-2-3-5-10(9)15/h2-7H,15H2,1H3,(H,17,18,19). The van der Waals surface area contributed by atoms with Crippen molar-refractivity contribution in [3.63, 3.8) is 0 Å². The molecule has 21 heavy (non-hydrogen) atoms. The molecule has 5 nitrogen and oxygen atoms in total. The topological polar surface area (TPSA) is 93.3 Å². The lowest BCUT2D eigenvalue weighted by Gasteiger charge is -2.02. The van der Waals surface area contributed by atoms with E-state index in [9.17, 15) is 13.0 Å². The monoisotopic (exact) mass is 320 g/mol. The third kappa shape index (κ3) is 2.39. The zero-order valence-electron chi connectivity index (χ0n) is 11.1. The van der Waals surface area contributed by atoms with Gasteiger partial charge >= 0.3 is 0 Å². The highest BCUT2D eigenvalue weighted by molar-refractivity contribution is 7.86. The smallest absolute Gasteiger partial charge is 0.296 e. The number of nitrogens with zero attached hydrogens (tertiary/aromatic N) is 1. The number of hydrogen-bond acceptors (Lipinski definition) is 5. The average molecular weight is 320 g/mol. The van der Waals surface area contributed by atoms with Crippen LogP contribution in [0.3, 0.4) is 0 Å². The minimum Gasteiger partial charge on any atom is -0.398 e. The second-order valence-electron chi connectivity index (χ2n) is 4.64. The Balaban J connectivity index is 2.34. The largest absolute Gasteiger partial charge is 0.398 e. The molecule has 7 heteroatoms. The molecule has 0 aliphatic rings. The van der Waals surface area contributed by atoms with Gasteiger partial charge in [0, 0.05) is 11.3 Å². The van der Waals surface area contributed by atoms with Crippen LogP contribution in [0, 0.1) is 6.92 Å². The Labute approximate surface area is 125 Å². The number of benzene rings is 2. The Hall–Kier alpha value is -1.96. The van der Waals surface area contributed by atoms with Gasteiger partial charge in [-0.25, -0.2) is 4.98 Å². The van der Waals surface area contributed by atoms with E-state index in [0.717, 1.165) is 5.56 Å². The maximum Gasteiger partial charge on any atom is 0.296 e. The summed E-state index contributed by atoms with van der Waals surface area (Å²) in [6.07, 6.45) is 0. The summed E-state index contributed by atoms with van der Waals surface area (Å²) in [6.45, 7) is 1.64. The first kappa shape index (κ1) is 14.0. The van der Waals surface area contributed by atoms with E-state index >= 15 is 0 Å². The predicted octanol–water partition coefficient (Wildman–Crippen LogP) is 3.10. The van der Waals surface area contributed by atoms with Crippen LogP contribution in [-0.4, -0.2) is 18.0 Å². The summed E-state index contributed by atoms with van der Waals surface area (Å²) in [6, 6.07) is 10.6. The summed E-state index contributed by atoms with van der Waals surface area (Å²) >= 11 is 1.20. The van der Waals surface area contributed by atoms with Crippen LogP contribution in [0.15, 0.2) is 41.3 Å². The number of rotatable bonds is 2. The molecule has 108 valence electrons. The number of fused-ring (bicyclic) bond motifs is 1. The van der Waals surface area contributed by atoms with Crippen LogP contribution < -0.4 is 5.73 Å². The van der Waals surface area contributed by atoms with E-state index in [2.05, 4.69) is 4.98 Å². The minimum absolute atomic E-state index is 0.0850. The van der Waals surface area contributed by atoms with Crippen LogP contribution in [0.2, 0.25) is 0 Å². The third-order valence-corrected chi connectivity index (χ3v) is 5.45. The zero-order valence-corrected chi connectivity index (χ0v) is 12.7. The van der Waals surface area contributed by atoms with Crippen molar-refractivity contribution in [1.82, 2.24) is 4.98 Å². The van der Waals surface area contributed by atoms with Crippen molar-refractivity contribution in [1.29, 1.82) is 0 Å². The van der Waals surface area contributed by atoms with Crippen molar-refractivity contribution in [3.05, 3.63) is 42.0 Å². The molecule has 0 unspecified atom stereocenters. The van der Waals surface area contributed by atoms with Gasteiger partial charge in [0.05, 0.1) is 10.2 Å². The molecule has 0 fully saturated rings. The predicted molar refractivity (Wildman–Crippen MR) is 84.0 cm³/mol. The van der Waals surface area contributed by atoms with Crippen molar-refractivity contribution in [2.45, 2.75) is 11.8 Å². The first-order chi connectivity index (χ1) is 9.88. The van der Waals surface area contributed by atoms with Crippen LogP contribution in [0.5, 0.6) is 0 Å². The van der Waals surface area contributed by atoms with Crippen molar-refractivity contribution in [2.24, 2.45) is 0 Å². The lowest BCUT2D eigenvalue weighted by atomic mass is 10.2. The molecule has 1 aromatic heterocycles. The molecule has 3 rings (SSSR count). The van der Waals surface area contributed by atoms with E-state index in [-0.39, 0.29) is 4.90 Å². The Morgan fingerprint density at radius 3 is 2.57 bits per heavy atom. The lowest BCUT2D eigenvalue weighted by molar-refractivity contribution is 0.484. The summed E-state index contributed by atoms with van der Waals surface area (Å²) in [5.74, 6) is 0. The molecule has 0 spiro atoms. The summed E-state index contributed by atoms with van der Waals surface area (Å²) in [5, 5.41) is 0.624. The summed E-state index contributed by atoms with van der Waals surface area (Å²) in [4.78, 5) is 4.34. The van der Waals surface area contributed by atoms with Crippen molar-refractivity contribution in [3.8, 4) is 10.6 Å². The van der Waals surface area contributed by atoms with Crippen LogP contribution in [0.4, 0.5) is 5.69 Å². The number of aromatic nitrogens is 1. The zero-order chi connectivity index (χ0) is 15.2. The highest BCUT2D eigenvalue weighted by Gasteiger charge is 2.21. The van der Waals surface area contributed by atoms with Crippen LogP contribution in [0.1, 0.15) is 5.56 Å². The maximum atomic E-state index is 11.6. The molecule has 3 aromatic rings. The van der Waals surface area contributed by atoms with Crippen LogP contribution >= 0.6 is 11.3 Å². The quantitative estimate of drug-likeness (QED) is 0.559. The molecule has 0 saturated carbocycles. The fourth-order valence-corrected chi connectivity index (χ4v) is 4.55. The van der Waals surface area contributed by atoms with E-state index in [4.69, 9.17) is 5.73 Å². The Morgan fingerprint density at radius 1 is 1.19 bits per heavy atom. The SMILES string of the molecule is Cc1ccc2nc(-c3ccccc3N)sc2c1S(=O)(=O)O. The normalized spacial score (nSPS) is 11.9. The van der Waals surface area contributed by atoms with Crippen molar-refractivity contribution < 1.29 is 13.0 Å². The third-order valence-electron chi connectivity index (χ3n) is 3.16. The van der Waals surface area contributed by atoms with Gasteiger partial charge in [0.25, 0.3) is 10.1 Å². The van der Waals surface area contributed by atoms with Crippen LogP contribution in [-0.2, 0) is 10.1 Å². The number of anilines is 1. The van der Waals surface area contributed by atoms with Crippen molar-refractivity contribution in [2.75, 3.05) is 5.73 Å². The number of nitrogens with two attached hydrogens (primary N) is 1. The van der Waals surface area contributed by atoms with Gasteiger partial charge in [0.2, 0.25) is 0 Å². The van der Waals surface area contributed by atoms with E-state index in [1.807, 2.05) is 18.2 Å². The van der Waals surface area contributed by atoms with Crippen molar-refractivity contribution >= 4 is 37.4 Å². The number of thiazole rings is 1. The molecule has 0 radical (unpaired) electrons.